The monoisotopic (exact) mass is 274 g/mol. The molecule has 0 saturated heterocycles. The Morgan fingerprint density at radius 3 is 1.45 bits per heavy atom. The third-order valence-electron chi connectivity index (χ3n) is 5.00. The summed E-state index contributed by atoms with van der Waals surface area (Å²) in [5.41, 5.74) is 1.17. The van der Waals surface area contributed by atoms with Crippen molar-refractivity contribution in [1.82, 2.24) is 0 Å². The van der Waals surface area contributed by atoms with Crippen LogP contribution < -0.4 is 0 Å². The van der Waals surface area contributed by atoms with Crippen molar-refractivity contribution in [1.29, 1.82) is 0 Å². The summed E-state index contributed by atoms with van der Waals surface area (Å²) < 4.78 is 0. The first-order valence-electron chi connectivity index (χ1n) is 8.51. The highest BCUT2D eigenvalue weighted by Gasteiger charge is 2.24. The molecule has 2 saturated carbocycles. The molecule has 3 rings (SSSR count). The summed E-state index contributed by atoms with van der Waals surface area (Å²) >= 11 is 0. The summed E-state index contributed by atoms with van der Waals surface area (Å²) in [6.45, 7) is 1.99. The molecule has 0 bridgehead atoms. The van der Waals surface area contributed by atoms with Gasteiger partial charge in [-0.3, -0.25) is 0 Å². The second kappa shape index (κ2) is 8.34. The molecule has 1 aromatic carbocycles. The van der Waals surface area contributed by atoms with E-state index in [1.165, 1.54) is 44.1 Å². The lowest BCUT2D eigenvalue weighted by Crippen LogP contribution is -2.20. The zero-order valence-corrected chi connectivity index (χ0v) is 13.0. The number of benzene rings is 1. The van der Waals surface area contributed by atoms with Crippen LogP contribution in [0.15, 0.2) is 24.3 Å². The van der Waals surface area contributed by atoms with Crippen LogP contribution in [0, 0.1) is 18.8 Å². The fourth-order valence-electron chi connectivity index (χ4n) is 3.76. The summed E-state index contributed by atoms with van der Waals surface area (Å²) in [5, 5.41) is 8.76. The third-order valence-corrected chi connectivity index (χ3v) is 5.00. The van der Waals surface area contributed by atoms with Crippen molar-refractivity contribution in [2.45, 2.75) is 71.1 Å². The summed E-state index contributed by atoms with van der Waals surface area (Å²) in [4.78, 5) is 0. The van der Waals surface area contributed by atoms with E-state index in [-0.39, 0.29) is 0 Å². The van der Waals surface area contributed by atoms with E-state index in [1.54, 1.807) is 37.8 Å². The molecule has 0 radical (unpaired) electrons. The number of aromatic hydroxyl groups is 1. The number of hydrogen-bond acceptors (Lipinski definition) is 1. The van der Waals surface area contributed by atoms with Crippen LogP contribution in [0.25, 0.3) is 0 Å². The standard InChI is InChI=1S/C12H22.C7H8O/c1-3-7-11(8-4-1)12-9-5-2-6-10-12;1-6-2-4-7(8)5-3-6/h11-12H,1-10H2;2-5,8H,1H3. The summed E-state index contributed by atoms with van der Waals surface area (Å²) in [5.74, 6) is 2.61. The molecular formula is C19H30O. The van der Waals surface area contributed by atoms with Gasteiger partial charge in [-0.2, -0.15) is 0 Å². The van der Waals surface area contributed by atoms with Crippen LogP contribution in [-0.2, 0) is 0 Å². The molecule has 2 aliphatic carbocycles. The molecule has 0 spiro atoms. The molecule has 1 heteroatoms. The lowest BCUT2D eigenvalue weighted by molar-refractivity contribution is 0.196. The minimum absolute atomic E-state index is 0.329. The van der Waals surface area contributed by atoms with Crippen LogP contribution in [0.2, 0.25) is 0 Å². The molecule has 0 atom stereocenters. The maximum Gasteiger partial charge on any atom is 0.115 e. The van der Waals surface area contributed by atoms with Gasteiger partial charge in [-0.05, 0) is 30.9 Å². The topological polar surface area (TPSA) is 20.2 Å². The molecule has 20 heavy (non-hydrogen) atoms. The SMILES string of the molecule is C1CCC(C2CCCCC2)CC1.Cc1ccc(O)cc1. The lowest BCUT2D eigenvalue weighted by atomic mass is 9.73. The smallest absolute Gasteiger partial charge is 0.115 e. The molecular weight excluding hydrogens is 244 g/mol. The second-order valence-electron chi connectivity index (χ2n) is 6.63. The van der Waals surface area contributed by atoms with Gasteiger partial charge in [0, 0.05) is 0 Å². The first kappa shape index (κ1) is 15.4. The van der Waals surface area contributed by atoms with Gasteiger partial charge < -0.3 is 5.11 Å². The van der Waals surface area contributed by atoms with Crippen molar-refractivity contribution in [2.24, 2.45) is 11.8 Å². The van der Waals surface area contributed by atoms with Crippen molar-refractivity contribution in [3.8, 4) is 5.75 Å². The molecule has 112 valence electrons. The van der Waals surface area contributed by atoms with E-state index in [0.717, 1.165) is 11.8 Å². The first-order chi connectivity index (χ1) is 9.75. The highest BCUT2D eigenvalue weighted by Crippen LogP contribution is 2.37. The van der Waals surface area contributed by atoms with Crippen molar-refractivity contribution in [3.63, 3.8) is 0 Å². The number of hydrogen-bond donors (Lipinski definition) is 1. The average molecular weight is 274 g/mol. The summed E-state index contributed by atoms with van der Waals surface area (Å²) in [7, 11) is 0. The van der Waals surface area contributed by atoms with Crippen LogP contribution in [0.1, 0.15) is 69.8 Å². The Labute approximate surface area is 124 Å². The van der Waals surface area contributed by atoms with Crippen LogP contribution >= 0.6 is 0 Å². The van der Waals surface area contributed by atoms with Crippen LogP contribution in [0.5, 0.6) is 5.75 Å². The maximum atomic E-state index is 8.76. The van der Waals surface area contributed by atoms with Gasteiger partial charge in [-0.25, -0.2) is 0 Å². The van der Waals surface area contributed by atoms with Gasteiger partial charge in [-0.1, -0.05) is 81.9 Å². The van der Waals surface area contributed by atoms with Crippen molar-refractivity contribution < 1.29 is 5.11 Å². The predicted molar refractivity (Wildman–Crippen MR) is 86.0 cm³/mol. The molecule has 1 aromatic rings. The molecule has 0 aromatic heterocycles. The van der Waals surface area contributed by atoms with E-state index in [4.69, 9.17) is 5.11 Å². The Balaban J connectivity index is 0.000000160. The Kier molecular flexibility index (Phi) is 6.42. The van der Waals surface area contributed by atoms with Gasteiger partial charge in [0.25, 0.3) is 0 Å². The van der Waals surface area contributed by atoms with E-state index in [9.17, 15) is 0 Å². The van der Waals surface area contributed by atoms with E-state index in [1.807, 2.05) is 19.1 Å². The first-order valence-corrected chi connectivity index (χ1v) is 8.51. The van der Waals surface area contributed by atoms with Gasteiger partial charge in [0.1, 0.15) is 5.75 Å². The fraction of sp³-hybridized carbons (Fsp3) is 0.684. The number of rotatable bonds is 1. The normalized spacial score (nSPS) is 21.1. The number of aryl methyl sites for hydroxylation is 1. The molecule has 0 heterocycles. The molecule has 0 unspecified atom stereocenters. The summed E-state index contributed by atoms with van der Waals surface area (Å²) in [6.07, 6.45) is 15.4. The van der Waals surface area contributed by atoms with Gasteiger partial charge in [-0.15, -0.1) is 0 Å². The zero-order chi connectivity index (χ0) is 14.2. The van der Waals surface area contributed by atoms with Gasteiger partial charge in [0.05, 0.1) is 0 Å². The molecule has 1 nitrogen and oxygen atoms in total. The highest BCUT2D eigenvalue weighted by molar-refractivity contribution is 5.24. The largest absolute Gasteiger partial charge is 0.508 e. The highest BCUT2D eigenvalue weighted by atomic mass is 16.3. The van der Waals surface area contributed by atoms with Crippen LogP contribution in [-0.4, -0.2) is 5.11 Å². The minimum atomic E-state index is 0.329. The molecule has 0 aliphatic heterocycles. The van der Waals surface area contributed by atoms with E-state index in [2.05, 4.69) is 0 Å². The Morgan fingerprint density at radius 2 is 1.10 bits per heavy atom. The predicted octanol–water partition coefficient (Wildman–Crippen LogP) is 5.85. The lowest BCUT2D eigenvalue weighted by Gasteiger charge is -2.32. The van der Waals surface area contributed by atoms with Crippen molar-refractivity contribution in [2.75, 3.05) is 0 Å². The average Bonchev–Trinajstić information content (AvgIpc) is 2.53. The molecule has 2 fully saturated rings. The third kappa shape index (κ3) is 5.19. The summed E-state index contributed by atoms with van der Waals surface area (Å²) in [6, 6.07) is 7.09. The van der Waals surface area contributed by atoms with E-state index < -0.39 is 0 Å². The van der Waals surface area contributed by atoms with Crippen molar-refractivity contribution in [3.05, 3.63) is 29.8 Å². The van der Waals surface area contributed by atoms with Gasteiger partial charge in [0.15, 0.2) is 0 Å². The van der Waals surface area contributed by atoms with Crippen LogP contribution in [0.4, 0.5) is 0 Å². The van der Waals surface area contributed by atoms with E-state index in [0.29, 0.717) is 5.75 Å². The van der Waals surface area contributed by atoms with Crippen molar-refractivity contribution >= 4 is 0 Å². The molecule has 2 aliphatic rings. The Bertz CT molecular complexity index is 319. The Hall–Kier alpha value is -0.980. The minimum Gasteiger partial charge on any atom is -0.508 e. The van der Waals surface area contributed by atoms with E-state index >= 15 is 0 Å². The zero-order valence-electron chi connectivity index (χ0n) is 13.0. The van der Waals surface area contributed by atoms with Crippen LogP contribution in [0.3, 0.4) is 0 Å². The molecule has 0 amide bonds. The number of phenolic OH excluding ortho intramolecular Hbond substituents is 1. The van der Waals surface area contributed by atoms with Gasteiger partial charge >= 0.3 is 0 Å². The molecule has 1 N–H and O–H groups in total. The second-order valence-corrected chi connectivity index (χ2v) is 6.63. The number of phenols is 1. The van der Waals surface area contributed by atoms with Gasteiger partial charge in [0.2, 0.25) is 0 Å². The fourth-order valence-corrected chi connectivity index (χ4v) is 3.76. The quantitative estimate of drug-likeness (QED) is 0.681. The Morgan fingerprint density at radius 1 is 0.700 bits per heavy atom. The maximum absolute atomic E-state index is 8.76.